The predicted molar refractivity (Wildman–Crippen MR) is 61.2 cm³/mol. The van der Waals surface area contributed by atoms with Gasteiger partial charge in [-0.3, -0.25) is 9.69 Å². The van der Waals surface area contributed by atoms with Crippen LogP contribution in [0.4, 0.5) is 5.69 Å². The highest BCUT2D eigenvalue weighted by molar-refractivity contribution is 6.08. The molecule has 2 saturated heterocycles. The first kappa shape index (κ1) is 11.5. The number of rotatable bonds is 2. The van der Waals surface area contributed by atoms with Crippen molar-refractivity contribution >= 4 is 11.6 Å². The number of carbonyl (C=O) groups is 1. The summed E-state index contributed by atoms with van der Waals surface area (Å²) in [6.07, 6.45) is -1.16. The second-order valence-electron chi connectivity index (χ2n) is 4.44. The second kappa shape index (κ2) is 3.68. The van der Waals surface area contributed by atoms with E-state index < -0.39 is 23.8 Å². The summed E-state index contributed by atoms with van der Waals surface area (Å²) in [5.41, 5.74) is -0.987. The maximum atomic E-state index is 11.9. The van der Waals surface area contributed by atoms with Crippen LogP contribution in [-0.4, -0.2) is 47.8 Å². The van der Waals surface area contributed by atoms with Gasteiger partial charge in [0.05, 0.1) is 13.7 Å². The van der Waals surface area contributed by atoms with Gasteiger partial charge in [0.25, 0.3) is 5.91 Å². The Morgan fingerprint density at radius 1 is 1.44 bits per heavy atom. The molecule has 0 aromatic heterocycles. The molecular weight excluding hydrogens is 238 g/mol. The van der Waals surface area contributed by atoms with Crippen molar-refractivity contribution in [3.05, 3.63) is 24.3 Å². The van der Waals surface area contributed by atoms with Crippen molar-refractivity contribution in [3.63, 3.8) is 0 Å². The Labute approximate surface area is 103 Å². The van der Waals surface area contributed by atoms with Gasteiger partial charge in [-0.05, 0) is 24.3 Å². The smallest absolute Gasteiger partial charge is 0.264 e. The molecule has 1 aromatic rings. The summed E-state index contributed by atoms with van der Waals surface area (Å²) in [6, 6.07) is 6.07. The summed E-state index contributed by atoms with van der Waals surface area (Å²) in [4.78, 5) is 13.3. The summed E-state index contributed by atoms with van der Waals surface area (Å²) in [5, 5.41) is 19.7. The monoisotopic (exact) mass is 251 g/mol. The lowest BCUT2D eigenvalue weighted by Gasteiger charge is -2.48. The minimum Gasteiger partial charge on any atom is -0.497 e. The Bertz CT molecular complexity index is 488. The van der Waals surface area contributed by atoms with Crippen LogP contribution in [0.15, 0.2) is 24.3 Å². The molecule has 2 fully saturated rings. The molecule has 2 heterocycles. The molecule has 6 nitrogen and oxygen atoms in total. The van der Waals surface area contributed by atoms with Crippen molar-refractivity contribution < 1.29 is 24.5 Å². The molecule has 3 atom stereocenters. The Hall–Kier alpha value is -1.63. The van der Waals surface area contributed by atoms with Gasteiger partial charge in [-0.1, -0.05) is 0 Å². The molecular formula is C12H13NO5. The van der Waals surface area contributed by atoms with Gasteiger partial charge in [0, 0.05) is 5.69 Å². The molecule has 0 bridgehead atoms. The number of methoxy groups -OCH3 is 1. The molecule has 96 valence electrons. The first-order valence-corrected chi connectivity index (χ1v) is 5.58. The summed E-state index contributed by atoms with van der Waals surface area (Å²) >= 11 is 0. The van der Waals surface area contributed by atoms with E-state index in [4.69, 9.17) is 9.47 Å². The normalized spacial score (nSPS) is 34.2. The number of β-lactam (4-membered cyclic amide) rings is 1. The van der Waals surface area contributed by atoms with Gasteiger partial charge in [-0.15, -0.1) is 0 Å². The van der Waals surface area contributed by atoms with Gasteiger partial charge in [0.2, 0.25) is 0 Å². The van der Waals surface area contributed by atoms with E-state index in [1.54, 1.807) is 31.4 Å². The quantitative estimate of drug-likeness (QED) is 0.692. The summed E-state index contributed by atoms with van der Waals surface area (Å²) in [7, 11) is 1.55. The number of aliphatic hydroxyl groups is 2. The zero-order valence-electron chi connectivity index (χ0n) is 9.74. The number of anilines is 1. The summed E-state index contributed by atoms with van der Waals surface area (Å²) < 4.78 is 9.96. The third-order valence-corrected chi connectivity index (χ3v) is 3.45. The number of carbonyl (C=O) groups excluding carboxylic acids is 1. The third kappa shape index (κ3) is 1.30. The first-order chi connectivity index (χ1) is 8.58. The fourth-order valence-corrected chi connectivity index (χ4v) is 2.44. The van der Waals surface area contributed by atoms with Gasteiger partial charge in [0.15, 0.2) is 11.9 Å². The molecule has 0 saturated carbocycles. The van der Waals surface area contributed by atoms with Gasteiger partial charge in [-0.25, -0.2) is 0 Å². The zero-order valence-corrected chi connectivity index (χ0v) is 9.74. The minimum atomic E-state index is -1.58. The van der Waals surface area contributed by atoms with E-state index in [1.165, 1.54) is 4.90 Å². The van der Waals surface area contributed by atoms with E-state index >= 15 is 0 Å². The van der Waals surface area contributed by atoms with E-state index in [0.717, 1.165) is 0 Å². The molecule has 0 aliphatic carbocycles. The average molecular weight is 251 g/mol. The van der Waals surface area contributed by atoms with Crippen LogP contribution in [0.1, 0.15) is 0 Å². The molecule has 2 aliphatic heterocycles. The van der Waals surface area contributed by atoms with Crippen LogP contribution in [-0.2, 0) is 9.53 Å². The topological polar surface area (TPSA) is 79.2 Å². The Morgan fingerprint density at radius 2 is 2.11 bits per heavy atom. The lowest BCUT2D eigenvalue weighted by Crippen LogP contribution is -2.75. The van der Waals surface area contributed by atoms with Gasteiger partial charge in [-0.2, -0.15) is 0 Å². The zero-order chi connectivity index (χ0) is 12.9. The summed E-state index contributed by atoms with van der Waals surface area (Å²) in [6.45, 7) is -0.162. The Morgan fingerprint density at radius 3 is 2.72 bits per heavy atom. The van der Waals surface area contributed by atoms with Crippen molar-refractivity contribution in [2.75, 3.05) is 18.6 Å². The van der Waals surface area contributed by atoms with Crippen LogP contribution in [0.25, 0.3) is 0 Å². The number of ether oxygens (including phenoxy) is 2. The molecule has 0 spiro atoms. The molecule has 3 rings (SSSR count). The fourth-order valence-electron chi connectivity index (χ4n) is 2.44. The third-order valence-electron chi connectivity index (χ3n) is 3.45. The van der Waals surface area contributed by atoms with E-state index in [9.17, 15) is 15.0 Å². The fraction of sp³-hybridized carbons (Fsp3) is 0.417. The number of benzene rings is 1. The van der Waals surface area contributed by atoms with Crippen LogP contribution >= 0.6 is 0 Å². The lowest BCUT2D eigenvalue weighted by atomic mass is 9.84. The van der Waals surface area contributed by atoms with Crippen LogP contribution in [0, 0.1) is 0 Å². The second-order valence-corrected chi connectivity index (χ2v) is 4.44. The number of nitrogens with zero attached hydrogens (tertiary/aromatic N) is 1. The average Bonchev–Trinajstić information content (AvgIpc) is 2.65. The molecule has 1 aromatic carbocycles. The number of fused-ring (bicyclic) bond motifs is 1. The Kier molecular flexibility index (Phi) is 2.34. The van der Waals surface area contributed by atoms with Gasteiger partial charge >= 0.3 is 0 Å². The highest BCUT2D eigenvalue weighted by atomic mass is 16.6. The number of hydrogen-bond acceptors (Lipinski definition) is 5. The number of aliphatic hydroxyl groups excluding tert-OH is 1. The molecule has 0 unspecified atom stereocenters. The van der Waals surface area contributed by atoms with Crippen LogP contribution in [0.5, 0.6) is 5.75 Å². The molecule has 2 N–H and O–H groups in total. The maximum Gasteiger partial charge on any atom is 0.264 e. The molecule has 0 radical (unpaired) electrons. The molecule has 1 amide bonds. The van der Waals surface area contributed by atoms with Crippen molar-refractivity contribution in [1.82, 2.24) is 0 Å². The van der Waals surface area contributed by atoms with Crippen molar-refractivity contribution in [1.29, 1.82) is 0 Å². The molecule has 18 heavy (non-hydrogen) atoms. The summed E-state index contributed by atoms with van der Waals surface area (Å²) in [5.74, 6) is 0.222. The van der Waals surface area contributed by atoms with Crippen LogP contribution in [0.3, 0.4) is 0 Å². The standard InChI is InChI=1S/C12H13NO5/c1-17-8-4-2-7(3-5-8)13-9-10(14)18-6-12(9,16)11(13)15/h2-5,9-10,14,16H,6H2,1H3/t9-,10+,12-/m1/s1. The van der Waals surface area contributed by atoms with E-state index in [-0.39, 0.29) is 6.61 Å². The largest absolute Gasteiger partial charge is 0.497 e. The van der Waals surface area contributed by atoms with Crippen molar-refractivity contribution in [2.24, 2.45) is 0 Å². The number of hydrogen-bond donors (Lipinski definition) is 2. The van der Waals surface area contributed by atoms with Gasteiger partial charge < -0.3 is 19.7 Å². The highest BCUT2D eigenvalue weighted by Gasteiger charge is 2.67. The van der Waals surface area contributed by atoms with E-state index in [0.29, 0.717) is 11.4 Å². The highest BCUT2D eigenvalue weighted by Crippen LogP contribution is 2.42. The number of amides is 1. The van der Waals surface area contributed by atoms with Crippen molar-refractivity contribution in [2.45, 2.75) is 17.9 Å². The molecule has 2 aliphatic rings. The first-order valence-electron chi connectivity index (χ1n) is 5.58. The Balaban J connectivity index is 1.91. The van der Waals surface area contributed by atoms with Gasteiger partial charge in [0.1, 0.15) is 11.8 Å². The maximum absolute atomic E-state index is 11.9. The predicted octanol–water partition coefficient (Wildman–Crippen LogP) is -0.510. The van der Waals surface area contributed by atoms with Crippen LogP contribution in [0.2, 0.25) is 0 Å². The lowest BCUT2D eigenvalue weighted by molar-refractivity contribution is -0.151. The SMILES string of the molecule is COc1ccc(N2C(=O)[C@@]3(O)CO[C@H](O)[C@@H]23)cc1. The van der Waals surface area contributed by atoms with Crippen LogP contribution < -0.4 is 9.64 Å². The van der Waals surface area contributed by atoms with E-state index in [2.05, 4.69) is 0 Å². The minimum absolute atomic E-state index is 0.162. The molecule has 6 heteroatoms. The van der Waals surface area contributed by atoms with Crippen molar-refractivity contribution in [3.8, 4) is 5.75 Å². The van der Waals surface area contributed by atoms with E-state index in [1.807, 2.05) is 0 Å².